The molecule has 0 saturated heterocycles. The van der Waals surface area contributed by atoms with Crippen LogP contribution >= 0.6 is 0 Å². The van der Waals surface area contributed by atoms with Crippen molar-refractivity contribution in [3.63, 3.8) is 0 Å². The Labute approximate surface area is 157 Å². The van der Waals surface area contributed by atoms with Crippen LogP contribution in [0.3, 0.4) is 0 Å². The van der Waals surface area contributed by atoms with Gasteiger partial charge in [0.15, 0.2) is 0 Å². The van der Waals surface area contributed by atoms with Crippen LogP contribution in [0.5, 0.6) is 0 Å². The molecule has 28 heavy (non-hydrogen) atoms. The molecule has 0 radical (unpaired) electrons. The number of rotatable bonds is 3. The fraction of sp³-hybridized carbons (Fsp3) is 0.105. The van der Waals surface area contributed by atoms with Gasteiger partial charge in [0, 0.05) is 5.56 Å². The normalized spacial score (nSPS) is 11.9. The molecular formula is C19H12N2O7. The third-order valence-corrected chi connectivity index (χ3v) is 4.56. The fourth-order valence-corrected chi connectivity index (χ4v) is 3.29. The van der Waals surface area contributed by atoms with Crippen molar-refractivity contribution in [3.05, 3.63) is 52.6 Å². The molecule has 9 nitrogen and oxygen atoms in total. The van der Waals surface area contributed by atoms with Gasteiger partial charge in [0.25, 0.3) is 5.91 Å². The van der Waals surface area contributed by atoms with Gasteiger partial charge in [-0.3, -0.25) is 9.36 Å². The lowest BCUT2D eigenvalue weighted by molar-refractivity contribution is 0.0557. The molecule has 140 valence electrons. The van der Waals surface area contributed by atoms with Crippen molar-refractivity contribution in [3.8, 4) is 11.4 Å². The van der Waals surface area contributed by atoms with Crippen molar-refractivity contribution in [2.24, 2.45) is 0 Å². The van der Waals surface area contributed by atoms with Gasteiger partial charge in [-0.15, -0.1) is 0 Å². The predicted octanol–water partition coefficient (Wildman–Crippen LogP) is 1.98. The van der Waals surface area contributed by atoms with Crippen molar-refractivity contribution < 1.29 is 33.8 Å². The van der Waals surface area contributed by atoms with Crippen molar-refractivity contribution >= 4 is 34.8 Å². The summed E-state index contributed by atoms with van der Waals surface area (Å²) in [6, 6.07) is 6.94. The maximum Gasteiger partial charge on any atom is 0.341 e. The molecule has 0 fully saturated rings. The Bertz CT molecular complexity index is 1220. The monoisotopic (exact) mass is 380 g/mol. The molecular weight excluding hydrogens is 368 g/mol. The highest BCUT2D eigenvalue weighted by Gasteiger charge is 2.34. The summed E-state index contributed by atoms with van der Waals surface area (Å²) in [6.07, 6.45) is 0. The molecule has 1 aromatic heterocycles. The van der Waals surface area contributed by atoms with Gasteiger partial charge in [0.05, 0.1) is 36.4 Å². The lowest BCUT2D eigenvalue weighted by Gasteiger charge is -2.08. The van der Waals surface area contributed by atoms with E-state index in [-0.39, 0.29) is 28.0 Å². The maximum absolute atomic E-state index is 12.8. The van der Waals surface area contributed by atoms with Crippen LogP contribution in [0.2, 0.25) is 0 Å². The Balaban J connectivity index is 2.06. The molecule has 2 aromatic carbocycles. The summed E-state index contributed by atoms with van der Waals surface area (Å²) in [7, 11) is 2.33. The lowest BCUT2D eigenvalue weighted by atomic mass is 10.0. The van der Waals surface area contributed by atoms with Crippen LogP contribution in [-0.4, -0.2) is 52.7 Å². The molecule has 0 bridgehead atoms. The largest absolute Gasteiger partial charge is 0.478 e. The van der Waals surface area contributed by atoms with Gasteiger partial charge < -0.3 is 14.6 Å². The molecule has 0 aliphatic carbocycles. The Morgan fingerprint density at radius 1 is 1.00 bits per heavy atom. The van der Waals surface area contributed by atoms with E-state index in [1.165, 1.54) is 42.0 Å². The molecule has 1 N–H and O–H groups in total. The molecule has 0 atom stereocenters. The summed E-state index contributed by atoms with van der Waals surface area (Å²) in [5.41, 5.74) is 0.826. The number of aromatic nitrogens is 2. The minimum atomic E-state index is -1.15. The fourth-order valence-electron chi connectivity index (χ4n) is 3.29. The number of carboxylic acid groups (broad SMARTS) is 1. The zero-order valence-electron chi connectivity index (χ0n) is 14.7. The topological polar surface area (TPSA) is 125 Å². The zero-order chi connectivity index (χ0) is 20.2. The number of aromatic carboxylic acids is 1. The molecule has 3 aromatic rings. The molecule has 1 aliphatic heterocycles. The SMILES string of the molecule is COC(=O)c1ccc2c(nc3n2C(=O)c2ccc(C(=O)O)cc2-3)c1C(=O)OC. The van der Waals surface area contributed by atoms with Crippen LogP contribution in [0.4, 0.5) is 0 Å². The standard InChI is InChI=1S/C19H12N2O7/c1-27-18(25)10-5-6-12-14(13(10)19(26)28-2)20-15-11-7-8(17(23)24)3-4-9(11)16(22)21(12)15/h3-7H,1-2H3,(H,23,24). The number of benzene rings is 2. The molecule has 0 saturated carbocycles. The number of esters is 2. The Morgan fingerprint density at radius 3 is 2.36 bits per heavy atom. The number of hydrogen-bond donors (Lipinski definition) is 1. The summed E-state index contributed by atoms with van der Waals surface area (Å²) in [5, 5.41) is 9.22. The molecule has 1 aliphatic rings. The minimum absolute atomic E-state index is 0.00417. The van der Waals surface area contributed by atoms with E-state index in [1.807, 2.05) is 0 Å². The minimum Gasteiger partial charge on any atom is -0.478 e. The molecule has 0 spiro atoms. The highest BCUT2D eigenvalue weighted by molar-refractivity contribution is 6.17. The van der Waals surface area contributed by atoms with E-state index in [2.05, 4.69) is 4.98 Å². The zero-order valence-corrected chi connectivity index (χ0v) is 14.7. The highest BCUT2D eigenvalue weighted by Crippen LogP contribution is 2.37. The van der Waals surface area contributed by atoms with Gasteiger partial charge in [0.1, 0.15) is 16.9 Å². The van der Waals surface area contributed by atoms with Crippen molar-refractivity contribution in [2.45, 2.75) is 0 Å². The average molecular weight is 380 g/mol. The number of hydrogen-bond acceptors (Lipinski definition) is 7. The van der Waals surface area contributed by atoms with Crippen LogP contribution in [0.1, 0.15) is 41.4 Å². The van der Waals surface area contributed by atoms with Crippen molar-refractivity contribution in [2.75, 3.05) is 14.2 Å². The summed E-state index contributed by atoms with van der Waals surface area (Å²) < 4.78 is 10.7. The summed E-state index contributed by atoms with van der Waals surface area (Å²) >= 11 is 0. The second-order valence-electron chi connectivity index (χ2n) is 5.98. The first-order chi connectivity index (χ1) is 13.4. The van der Waals surface area contributed by atoms with Crippen molar-refractivity contribution in [1.29, 1.82) is 0 Å². The Kier molecular flexibility index (Phi) is 3.74. The Morgan fingerprint density at radius 2 is 1.71 bits per heavy atom. The van der Waals surface area contributed by atoms with Crippen LogP contribution in [-0.2, 0) is 9.47 Å². The number of carbonyl (C=O) groups is 4. The second kappa shape index (κ2) is 6.02. The van der Waals surface area contributed by atoms with Crippen molar-refractivity contribution in [1.82, 2.24) is 9.55 Å². The molecule has 4 rings (SSSR count). The highest BCUT2D eigenvalue weighted by atomic mass is 16.5. The quantitative estimate of drug-likeness (QED) is 0.535. The predicted molar refractivity (Wildman–Crippen MR) is 94.5 cm³/mol. The summed E-state index contributed by atoms with van der Waals surface area (Å²) in [4.78, 5) is 52.9. The summed E-state index contributed by atoms with van der Waals surface area (Å²) in [5.74, 6) is -2.94. The number of imidazole rings is 1. The van der Waals surface area contributed by atoms with Crippen LogP contribution in [0, 0.1) is 0 Å². The first kappa shape index (κ1) is 17.4. The number of carbonyl (C=O) groups excluding carboxylic acids is 3. The van der Waals surface area contributed by atoms with E-state index >= 15 is 0 Å². The van der Waals surface area contributed by atoms with Gasteiger partial charge in [-0.05, 0) is 30.3 Å². The molecule has 2 heterocycles. The third kappa shape index (κ3) is 2.22. The number of methoxy groups -OCH3 is 2. The number of fused-ring (bicyclic) bond motifs is 5. The smallest absolute Gasteiger partial charge is 0.341 e. The first-order valence-electron chi connectivity index (χ1n) is 8.03. The van der Waals surface area contributed by atoms with E-state index < -0.39 is 23.8 Å². The van der Waals surface area contributed by atoms with Crippen LogP contribution in [0.15, 0.2) is 30.3 Å². The summed E-state index contributed by atoms with van der Waals surface area (Å²) in [6.45, 7) is 0. The van der Waals surface area contributed by atoms with Crippen LogP contribution in [0.25, 0.3) is 22.4 Å². The third-order valence-electron chi connectivity index (χ3n) is 4.56. The van der Waals surface area contributed by atoms with Crippen LogP contribution < -0.4 is 0 Å². The molecule has 9 heteroatoms. The van der Waals surface area contributed by atoms with E-state index in [0.29, 0.717) is 16.6 Å². The van der Waals surface area contributed by atoms with E-state index in [0.717, 1.165) is 7.11 Å². The first-order valence-corrected chi connectivity index (χ1v) is 8.03. The van der Waals surface area contributed by atoms with Gasteiger partial charge >= 0.3 is 17.9 Å². The van der Waals surface area contributed by atoms with E-state index in [9.17, 15) is 24.3 Å². The van der Waals surface area contributed by atoms with Gasteiger partial charge in [-0.25, -0.2) is 19.4 Å². The number of ether oxygens (including phenoxy) is 2. The van der Waals surface area contributed by atoms with E-state index in [1.54, 1.807) is 0 Å². The number of carboxylic acids is 1. The average Bonchev–Trinajstić information content (AvgIpc) is 3.21. The van der Waals surface area contributed by atoms with E-state index in [4.69, 9.17) is 9.47 Å². The second-order valence-corrected chi connectivity index (χ2v) is 5.98. The van der Waals surface area contributed by atoms with Gasteiger partial charge in [-0.1, -0.05) is 0 Å². The van der Waals surface area contributed by atoms with Gasteiger partial charge in [-0.2, -0.15) is 0 Å². The van der Waals surface area contributed by atoms with Gasteiger partial charge in [0.2, 0.25) is 0 Å². The lowest BCUT2D eigenvalue weighted by Crippen LogP contribution is -2.13. The number of nitrogens with zero attached hydrogens (tertiary/aromatic N) is 2. The molecule has 0 unspecified atom stereocenters. The maximum atomic E-state index is 12.8. The molecule has 0 amide bonds. The Hall–Kier alpha value is -4.01.